The summed E-state index contributed by atoms with van der Waals surface area (Å²) in [5.41, 5.74) is 0.337. The number of aldehydes is 2. The van der Waals surface area contributed by atoms with E-state index in [9.17, 15) is 19.2 Å². The van der Waals surface area contributed by atoms with Crippen LogP contribution < -0.4 is 0 Å². The molecule has 6 heteroatoms. The molecule has 0 spiro atoms. The van der Waals surface area contributed by atoms with Gasteiger partial charge >= 0.3 is 11.9 Å². The van der Waals surface area contributed by atoms with E-state index in [1.807, 2.05) is 0 Å². The van der Waals surface area contributed by atoms with Gasteiger partial charge in [-0.1, -0.05) is 13.2 Å². The van der Waals surface area contributed by atoms with Crippen LogP contribution in [0.2, 0.25) is 0 Å². The molecule has 0 radical (unpaired) electrons. The molecule has 0 saturated carbocycles. The van der Waals surface area contributed by atoms with Crippen molar-refractivity contribution in [3.63, 3.8) is 0 Å². The number of carbonyl (C=O) groups is 4. The summed E-state index contributed by atoms with van der Waals surface area (Å²) in [6.45, 7) is 6.62. The average molecular weight is 284 g/mol. The Morgan fingerprint density at radius 3 is 1.30 bits per heavy atom. The lowest BCUT2D eigenvalue weighted by Gasteiger charge is -1.94. The topological polar surface area (TPSA) is 109 Å². The van der Waals surface area contributed by atoms with Gasteiger partial charge in [-0.25, -0.2) is 9.59 Å². The molecule has 0 aliphatic heterocycles. The summed E-state index contributed by atoms with van der Waals surface area (Å²) >= 11 is 0. The molecule has 0 unspecified atom stereocenters. The highest BCUT2D eigenvalue weighted by Gasteiger charge is 2.02. The zero-order valence-corrected chi connectivity index (χ0v) is 11.3. The first-order valence-corrected chi connectivity index (χ1v) is 6.06. The van der Waals surface area contributed by atoms with Crippen LogP contribution in [-0.4, -0.2) is 34.7 Å². The third kappa shape index (κ3) is 13.8. The number of carboxylic acids is 2. The highest BCUT2D eigenvalue weighted by Crippen LogP contribution is 2.03. The molecule has 0 aromatic heterocycles. The molecule has 0 rings (SSSR count). The lowest BCUT2D eigenvalue weighted by molar-refractivity contribution is -0.133. The second-order valence-electron chi connectivity index (χ2n) is 3.94. The Morgan fingerprint density at radius 2 is 1.10 bits per heavy atom. The van der Waals surface area contributed by atoms with Crippen molar-refractivity contribution in [2.24, 2.45) is 0 Å². The summed E-state index contributed by atoms with van der Waals surface area (Å²) in [6, 6.07) is 0. The second-order valence-corrected chi connectivity index (χ2v) is 3.94. The van der Waals surface area contributed by atoms with Crippen molar-refractivity contribution in [3.8, 4) is 0 Å². The third-order valence-corrected chi connectivity index (χ3v) is 2.21. The van der Waals surface area contributed by atoms with Crippen LogP contribution in [0, 0.1) is 0 Å². The predicted molar refractivity (Wildman–Crippen MR) is 73.4 cm³/mol. The van der Waals surface area contributed by atoms with Crippen LogP contribution in [0.1, 0.15) is 38.5 Å². The SMILES string of the molecule is C=C(CCCC=O)C(=O)O.C=C(CCCC=O)C(=O)O. The number of unbranched alkanes of at least 4 members (excludes halogenated alkanes) is 2. The number of rotatable bonds is 10. The molecule has 0 aliphatic rings. The van der Waals surface area contributed by atoms with Gasteiger partial charge in [0.25, 0.3) is 0 Å². The molecular weight excluding hydrogens is 264 g/mol. The van der Waals surface area contributed by atoms with Crippen molar-refractivity contribution in [1.29, 1.82) is 0 Å². The molecule has 0 heterocycles. The zero-order valence-electron chi connectivity index (χ0n) is 11.3. The second kappa shape index (κ2) is 13.2. The first-order valence-electron chi connectivity index (χ1n) is 6.06. The first kappa shape index (κ1) is 20.1. The Labute approximate surface area is 117 Å². The van der Waals surface area contributed by atoms with Crippen LogP contribution in [-0.2, 0) is 19.2 Å². The fourth-order valence-corrected chi connectivity index (χ4v) is 1.01. The Kier molecular flexibility index (Phi) is 13.3. The van der Waals surface area contributed by atoms with E-state index >= 15 is 0 Å². The standard InChI is InChI=1S/2C7H10O3/c2*1-6(7(9)10)4-2-3-5-8/h2*5H,1-4H2,(H,9,10). The molecule has 0 aromatic rings. The monoisotopic (exact) mass is 284 g/mol. The maximum Gasteiger partial charge on any atom is 0.330 e. The molecule has 0 fully saturated rings. The van der Waals surface area contributed by atoms with Crippen LogP contribution in [0.3, 0.4) is 0 Å². The van der Waals surface area contributed by atoms with Crippen LogP contribution in [0.5, 0.6) is 0 Å². The van der Waals surface area contributed by atoms with E-state index in [-0.39, 0.29) is 11.1 Å². The van der Waals surface area contributed by atoms with Gasteiger partial charge in [-0.05, 0) is 25.7 Å². The highest BCUT2D eigenvalue weighted by molar-refractivity contribution is 5.86. The minimum Gasteiger partial charge on any atom is -0.478 e. The molecule has 2 N–H and O–H groups in total. The van der Waals surface area contributed by atoms with E-state index in [4.69, 9.17) is 10.2 Å². The lowest BCUT2D eigenvalue weighted by atomic mass is 10.1. The van der Waals surface area contributed by atoms with E-state index in [2.05, 4.69) is 13.2 Å². The van der Waals surface area contributed by atoms with Gasteiger partial charge in [0.15, 0.2) is 0 Å². The average Bonchev–Trinajstić information content (AvgIpc) is 2.39. The van der Waals surface area contributed by atoms with E-state index < -0.39 is 11.9 Å². The summed E-state index contributed by atoms with van der Waals surface area (Å²) in [5, 5.41) is 16.6. The smallest absolute Gasteiger partial charge is 0.330 e. The van der Waals surface area contributed by atoms with Gasteiger partial charge in [0, 0.05) is 24.0 Å². The first-order chi connectivity index (χ1) is 9.36. The quantitative estimate of drug-likeness (QED) is 0.361. The number of carboxylic acid groups (broad SMARTS) is 2. The maximum atomic E-state index is 10.1. The Hall–Kier alpha value is -2.24. The summed E-state index contributed by atoms with van der Waals surface area (Å²) < 4.78 is 0. The van der Waals surface area contributed by atoms with E-state index in [1.54, 1.807) is 0 Å². The number of aliphatic carboxylic acids is 2. The minimum atomic E-state index is -0.981. The van der Waals surface area contributed by atoms with Crippen molar-refractivity contribution in [2.75, 3.05) is 0 Å². The van der Waals surface area contributed by atoms with Crippen molar-refractivity contribution >= 4 is 24.5 Å². The molecule has 0 amide bonds. The predicted octanol–water partition coefficient (Wildman–Crippen LogP) is 1.99. The largest absolute Gasteiger partial charge is 0.478 e. The lowest BCUT2D eigenvalue weighted by Crippen LogP contribution is -1.98. The summed E-state index contributed by atoms with van der Waals surface area (Å²) in [7, 11) is 0. The molecule has 112 valence electrons. The molecule has 20 heavy (non-hydrogen) atoms. The summed E-state index contributed by atoms with van der Waals surface area (Å²) in [4.78, 5) is 39.8. The highest BCUT2D eigenvalue weighted by atomic mass is 16.4. The van der Waals surface area contributed by atoms with Crippen molar-refractivity contribution in [2.45, 2.75) is 38.5 Å². The number of carbonyl (C=O) groups excluding carboxylic acids is 2. The van der Waals surface area contributed by atoms with Gasteiger partial charge in [0.2, 0.25) is 0 Å². The fourth-order valence-electron chi connectivity index (χ4n) is 1.01. The maximum absolute atomic E-state index is 10.1. The van der Waals surface area contributed by atoms with Crippen LogP contribution in [0.25, 0.3) is 0 Å². The van der Waals surface area contributed by atoms with Crippen LogP contribution in [0.15, 0.2) is 24.3 Å². The number of hydrogen-bond acceptors (Lipinski definition) is 4. The Bertz CT molecular complexity index is 334. The third-order valence-electron chi connectivity index (χ3n) is 2.21. The molecule has 0 bridgehead atoms. The van der Waals surface area contributed by atoms with E-state index in [0.717, 1.165) is 12.6 Å². The van der Waals surface area contributed by atoms with E-state index in [1.165, 1.54) is 0 Å². The fraction of sp³-hybridized carbons (Fsp3) is 0.429. The van der Waals surface area contributed by atoms with Gasteiger partial charge in [-0.2, -0.15) is 0 Å². The molecule has 0 saturated heterocycles. The zero-order chi connectivity index (χ0) is 16.0. The number of hydrogen-bond donors (Lipinski definition) is 2. The van der Waals surface area contributed by atoms with Gasteiger partial charge in [-0.3, -0.25) is 0 Å². The van der Waals surface area contributed by atoms with Gasteiger partial charge in [0.05, 0.1) is 0 Å². The summed E-state index contributed by atoms with van der Waals surface area (Å²) in [5.74, 6) is -1.96. The molecule has 0 atom stereocenters. The van der Waals surface area contributed by atoms with Gasteiger partial charge in [0.1, 0.15) is 12.6 Å². The van der Waals surface area contributed by atoms with Crippen molar-refractivity contribution < 1.29 is 29.4 Å². The minimum absolute atomic E-state index is 0.168. The van der Waals surface area contributed by atoms with Crippen molar-refractivity contribution in [3.05, 3.63) is 24.3 Å². The van der Waals surface area contributed by atoms with Crippen LogP contribution >= 0.6 is 0 Å². The van der Waals surface area contributed by atoms with E-state index in [0.29, 0.717) is 38.5 Å². The van der Waals surface area contributed by atoms with Crippen LogP contribution in [0.4, 0.5) is 0 Å². The Balaban J connectivity index is 0. The molecular formula is C14H20O6. The van der Waals surface area contributed by atoms with Crippen molar-refractivity contribution in [1.82, 2.24) is 0 Å². The molecule has 6 nitrogen and oxygen atoms in total. The van der Waals surface area contributed by atoms with Gasteiger partial charge < -0.3 is 19.8 Å². The normalized spacial score (nSPS) is 8.80. The molecule has 0 aliphatic carbocycles. The molecule has 0 aromatic carbocycles. The summed E-state index contributed by atoms with van der Waals surface area (Å²) in [6.07, 6.45) is 4.31. The van der Waals surface area contributed by atoms with Gasteiger partial charge in [-0.15, -0.1) is 0 Å². The Morgan fingerprint density at radius 1 is 0.800 bits per heavy atom.